The molecule has 4 nitrogen and oxygen atoms in total. The first-order valence-corrected chi connectivity index (χ1v) is 7.14. The van der Waals surface area contributed by atoms with E-state index in [0.29, 0.717) is 5.56 Å². The van der Waals surface area contributed by atoms with Crippen LogP contribution in [0.25, 0.3) is 0 Å². The van der Waals surface area contributed by atoms with Gasteiger partial charge in [0.2, 0.25) is 0 Å². The van der Waals surface area contributed by atoms with Gasteiger partial charge in [-0.1, -0.05) is 12.1 Å². The SMILES string of the molecule is CC1(C)OB(c2ccc(C(=O)NCC(F)F)cc2)OC1(C)C. The van der Waals surface area contributed by atoms with Gasteiger partial charge in [-0.2, -0.15) is 0 Å². The van der Waals surface area contributed by atoms with E-state index in [1.165, 1.54) is 0 Å². The van der Waals surface area contributed by atoms with Crippen molar-refractivity contribution in [3.05, 3.63) is 29.8 Å². The van der Waals surface area contributed by atoms with Crippen molar-refractivity contribution in [3.63, 3.8) is 0 Å². The van der Waals surface area contributed by atoms with Gasteiger partial charge >= 0.3 is 7.12 Å². The van der Waals surface area contributed by atoms with E-state index in [9.17, 15) is 13.6 Å². The molecule has 0 radical (unpaired) electrons. The summed E-state index contributed by atoms with van der Waals surface area (Å²) in [7, 11) is -0.511. The minimum Gasteiger partial charge on any atom is -0.399 e. The van der Waals surface area contributed by atoms with E-state index in [1.54, 1.807) is 24.3 Å². The summed E-state index contributed by atoms with van der Waals surface area (Å²) >= 11 is 0. The zero-order valence-corrected chi connectivity index (χ0v) is 13.2. The van der Waals surface area contributed by atoms with E-state index in [-0.39, 0.29) is 0 Å². The summed E-state index contributed by atoms with van der Waals surface area (Å²) < 4.78 is 36.0. The number of amides is 1. The predicted molar refractivity (Wildman–Crippen MR) is 80.5 cm³/mol. The molecule has 1 aliphatic rings. The van der Waals surface area contributed by atoms with Crippen LogP contribution in [0.3, 0.4) is 0 Å². The first kappa shape index (κ1) is 16.9. The van der Waals surface area contributed by atoms with Crippen molar-refractivity contribution in [3.8, 4) is 0 Å². The second kappa shape index (κ2) is 5.97. The molecule has 0 saturated carbocycles. The molecule has 0 aliphatic carbocycles. The van der Waals surface area contributed by atoms with Gasteiger partial charge in [-0.3, -0.25) is 4.79 Å². The summed E-state index contributed by atoms with van der Waals surface area (Å²) in [4.78, 5) is 11.7. The number of benzene rings is 1. The fraction of sp³-hybridized carbons (Fsp3) is 0.533. The highest BCUT2D eigenvalue weighted by molar-refractivity contribution is 6.62. The zero-order valence-electron chi connectivity index (χ0n) is 13.2. The molecule has 1 heterocycles. The Hall–Kier alpha value is -1.47. The molecule has 0 unspecified atom stereocenters. The van der Waals surface area contributed by atoms with Crippen molar-refractivity contribution in [2.24, 2.45) is 0 Å². The van der Waals surface area contributed by atoms with E-state index in [4.69, 9.17) is 9.31 Å². The Morgan fingerprint density at radius 3 is 2.09 bits per heavy atom. The molecule has 0 bridgehead atoms. The Balaban J connectivity index is 2.06. The number of hydrogen-bond donors (Lipinski definition) is 1. The Morgan fingerprint density at radius 2 is 1.64 bits per heavy atom. The summed E-state index contributed by atoms with van der Waals surface area (Å²) in [5.74, 6) is -0.527. The summed E-state index contributed by atoms with van der Waals surface area (Å²) in [5.41, 5.74) is 0.223. The predicted octanol–water partition coefficient (Wildman–Crippen LogP) is 1.98. The van der Waals surface area contributed by atoms with Crippen molar-refractivity contribution in [2.45, 2.75) is 45.3 Å². The molecule has 1 aliphatic heterocycles. The van der Waals surface area contributed by atoms with E-state index >= 15 is 0 Å². The number of nitrogens with one attached hydrogen (secondary N) is 1. The van der Waals surface area contributed by atoms with Gasteiger partial charge in [-0.15, -0.1) is 0 Å². The van der Waals surface area contributed by atoms with E-state index in [1.807, 2.05) is 27.7 Å². The highest BCUT2D eigenvalue weighted by Gasteiger charge is 2.51. The third-order valence-corrected chi connectivity index (χ3v) is 4.12. The topological polar surface area (TPSA) is 47.6 Å². The van der Waals surface area contributed by atoms with Crippen LogP contribution in [-0.2, 0) is 9.31 Å². The fourth-order valence-corrected chi connectivity index (χ4v) is 2.04. The van der Waals surface area contributed by atoms with Crippen molar-refractivity contribution in [1.29, 1.82) is 0 Å². The quantitative estimate of drug-likeness (QED) is 0.865. The van der Waals surface area contributed by atoms with Crippen LogP contribution < -0.4 is 10.8 Å². The average Bonchev–Trinajstić information content (AvgIpc) is 2.65. The standard InChI is InChI=1S/C15H20BF2NO3/c1-14(2)15(3,4)22-16(21-14)11-7-5-10(6-8-11)13(20)19-9-12(17)18/h5-8,12H,9H2,1-4H3,(H,19,20). The fourth-order valence-electron chi connectivity index (χ4n) is 2.04. The molecule has 1 fully saturated rings. The Kier molecular flexibility index (Phi) is 4.58. The average molecular weight is 311 g/mol. The molecule has 0 atom stereocenters. The molecular formula is C15H20BF2NO3. The highest BCUT2D eigenvalue weighted by Crippen LogP contribution is 2.36. The Bertz CT molecular complexity index is 530. The van der Waals surface area contributed by atoms with Gasteiger partial charge < -0.3 is 14.6 Å². The molecule has 0 spiro atoms. The van der Waals surface area contributed by atoms with Crippen molar-refractivity contribution in [2.75, 3.05) is 6.54 Å². The lowest BCUT2D eigenvalue weighted by Gasteiger charge is -2.32. The largest absolute Gasteiger partial charge is 0.494 e. The smallest absolute Gasteiger partial charge is 0.399 e. The number of carbonyl (C=O) groups excluding carboxylic acids is 1. The van der Waals surface area contributed by atoms with Crippen LogP contribution in [0.5, 0.6) is 0 Å². The molecule has 1 amide bonds. The van der Waals surface area contributed by atoms with Crippen LogP contribution in [0.15, 0.2) is 24.3 Å². The first-order chi connectivity index (χ1) is 10.1. The van der Waals surface area contributed by atoms with Crippen LogP contribution in [0.4, 0.5) is 8.78 Å². The van der Waals surface area contributed by atoms with Crippen molar-refractivity contribution < 1.29 is 22.9 Å². The van der Waals surface area contributed by atoms with Crippen LogP contribution in [0.2, 0.25) is 0 Å². The van der Waals surface area contributed by atoms with Gasteiger partial charge in [0.1, 0.15) is 0 Å². The summed E-state index contributed by atoms with van der Waals surface area (Å²) in [5, 5.41) is 2.16. The Labute approximate surface area is 129 Å². The third-order valence-electron chi connectivity index (χ3n) is 4.12. The van der Waals surface area contributed by atoms with Crippen molar-refractivity contribution in [1.82, 2.24) is 5.32 Å². The maximum atomic E-state index is 12.1. The maximum absolute atomic E-state index is 12.1. The lowest BCUT2D eigenvalue weighted by molar-refractivity contribution is 0.00578. The van der Waals surface area contributed by atoms with Gasteiger partial charge in [0.25, 0.3) is 12.3 Å². The number of halogens is 2. The van der Waals surface area contributed by atoms with E-state index < -0.39 is 37.2 Å². The molecule has 22 heavy (non-hydrogen) atoms. The summed E-state index contributed by atoms with van der Waals surface area (Å²) in [6, 6.07) is 6.56. The lowest BCUT2D eigenvalue weighted by atomic mass is 9.79. The monoisotopic (exact) mass is 311 g/mol. The van der Waals surface area contributed by atoms with Gasteiger partial charge in [-0.25, -0.2) is 8.78 Å². The van der Waals surface area contributed by atoms with Gasteiger partial charge in [0, 0.05) is 5.56 Å². The second-order valence-corrected chi connectivity index (χ2v) is 6.31. The van der Waals surface area contributed by atoms with Crippen molar-refractivity contribution >= 4 is 18.5 Å². The Morgan fingerprint density at radius 1 is 1.14 bits per heavy atom. The molecule has 1 aromatic carbocycles. The number of carbonyl (C=O) groups is 1. The third kappa shape index (κ3) is 3.47. The zero-order chi connectivity index (χ0) is 16.5. The minimum atomic E-state index is -2.56. The van der Waals surface area contributed by atoms with E-state index in [2.05, 4.69) is 5.32 Å². The maximum Gasteiger partial charge on any atom is 0.494 e. The van der Waals surface area contributed by atoms with Gasteiger partial charge in [-0.05, 0) is 45.3 Å². The first-order valence-electron chi connectivity index (χ1n) is 7.14. The molecule has 120 valence electrons. The van der Waals surface area contributed by atoms with Gasteiger partial charge in [0.15, 0.2) is 0 Å². The number of rotatable bonds is 4. The molecule has 1 N–H and O–H groups in total. The molecule has 1 saturated heterocycles. The number of hydrogen-bond acceptors (Lipinski definition) is 3. The molecule has 2 rings (SSSR count). The number of alkyl halides is 2. The molecule has 7 heteroatoms. The molecule has 1 aromatic rings. The highest BCUT2D eigenvalue weighted by atomic mass is 19.3. The molecule has 0 aromatic heterocycles. The van der Waals surface area contributed by atoms with Crippen LogP contribution in [0, 0.1) is 0 Å². The van der Waals surface area contributed by atoms with E-state index in [0.717, 1.165) is 5.46 Å². The normalized spacial score (nSPS) is 19.5. The summed E-state index contributed by atoms with van der Waals surface area (Å²) in [6.45, 7) is 7.18. The van der Waals surface area contributed by atoms with Gasteiger partial charge in [0.05, 0.1) is 17.7 Å². The summed E-state index contributed by atoms with van der Waals surface area (Å²) in [6.07, 6.45) is -2.56. The van der Waals surface area contributed by atoms with Crippen LogP contribution >= 0.6 is 0 Å². The lowest BCUT2D eigenvalue weighted by Crippen LogP contribution is -2.41. The molecular weight excluding hydrogens is 291 g/mol. The minimum absolute atomic E-state index is 0.320. The van der Waals surface area contributed by atoms with Crippen LogP contribution in [0.1, 0.15) is 38.1 Å². The van der Waals surface area contributed by atoms with Crippen LogP contribution in [-0.4, -0.2) is 37.2 Å². The second-order valence-electron chi connectivity index (χ2n) is 6.31.